The molecule has 0 unspecified atom stereocenters. The maximum atomic E-state index is 9.30. The smallest absolute Gasteiger partial charge is 0.158 e. The van der Waals surface area contributed by atoms with Crippen LogP contribution in [0.3, 0.4) is 0 Å². The van der Waals surface area contributed by atoms with E-state index < -0.39 is 0 Å². The molecule has 15 heavy (non-hydrogen) atoms. The van der Waals surface area contributed by atoms with Gasteiger partial charge in [-0.1, -0.05) is 11.8 Å². The molecule has 0 saturated heterocycles. The van der Waals surface area contributed by atoms with Gasteiger partial charge in [-0.2, -0.15) is 0 Å². The number of phenols is 2. The zero-order chi connectivity index (χ0) is 11.4. The number of hydrogen-bond acceptors (Lipinski definition) is 5. The molecule has 82 valence electrons. The highest BCUT2D eigenvalue weighted by atomic mass is 32.2. The summed E-state index contributed by atoms with van der Waals surface area (Å²) in [6.07, 6.45) is 0.559. The first-order chi connectivity index (χ1) is 7.04. The number of rotatable bonds is 3. The van der Waals surface area contributed by atoms with Crippen LogP contribution in [0.2, 0.25) is 0 Å². The maximum absolute atomic E-state index is 9.30. The molecule has 0 spiro atoms. The third-order valence-electron chi connectivity index (χ3n) is 1.79. The molecule has 0 heterocycles. The van der Waals surface area contributed by atoms with Crippen LogP contribution in [0, 0.1) is 5.41 Å². The standard InChI is InChI=1S/C9H13N3O2S/c10-2-1-5-3-6(13)7(14)4-8(5)15-9(11)12/h3-4,13-14H,1-2,10H2,(H3,11,12). The van der Waals surface area contributed by atoms with Crippen LogP contribution in [-0.2, 0) is 6.42 Å². The Bertz CT molecular complexity index is 382. The average molecular weight is 227 g/mol. The van der Waals surface area contributed by atoms with Crippen LogP contribution < -0.4 is 11.5 Å². The molecule has 0 saturated carbocycles. The first-order valence-electron chi connectivity index (χ1n) is 4.31. The van der Waals surface area contributed by atoms with E-state index in [0.717, 1.165) is 17.3 Å². The van der Waals surface area contributed by atoms with Crippen molar-refractivity contribution in [2.24, 2.45) is 11.5 Å². The molecular formula is C9H13N3O2S. The van der Waals surface area contributed by atoms with Crippen molar-refractivity contribution < 1.29 is 10.2 Å². The number of hydrogen-bond donors (Lipinski definition) is 5. The first kappa shape index (κ1) is 11.7. The van der Waals surface area contributed by atoms with Crippen LogP contribution in [0.5, 0.6) is 11.5 Å². The van der Waals surface area contributed by atoms with Crippen molar-refractivity contribution in [3.63, 3.8) is 0 Å². The van der Waals surface area contributed by atoms with Gasteiger partial charge in [0.05, 0.1) is 0 Å². The lowest BCUT2D eigenvalue weighted by atomic mass is 10.1. The second-order valence-corrected chi connectivity index (χ2v) is 4.04. The van der Waals surface area contributed by atoms with Crippen LogP contribution >= 0.6 is 11.8 Å². The number of thioether (sulfide) groups is 1. The van der Waals surface area contributed by atoms with Gasteiger partial charge in [0.25, 0.3) is 0 Å². The summed E-state index contributed by atoms with van der Waals surface area (Å²) < 4.78 is 0. The van der Waals surface area contributed by atoms with Crippen molar-refractivity contribution in [2.45, 2.75) is 11.3 Å². The topological polar surface area (TPSA) is 116 Å². The minimum Gasteiger partial charge on any atom is -0.504 e. The summed E-state index contributed by atoms with van der Waals surface area (Å²) in [6.45, 7) is 0.426. The Balaban J connectivity index is 3.09. The molecule has 0 aromatic heterocycles. The van der Waals surface area contributed by atoms with Crippen molar-refractivity contribution in [3.8, 4) is 11.5 Å². The molecular weight excluding hydrogens is 214 g/mol. The predicted octanol–water partition coefficient (Wildman–Crippen LogP) is 0.585. The minimum absolute atomic E-state index is 0.0710. The van der Waals surface area contributed by atoms with Crippen LogP contribution in [0.15, 0.2) is 17.0 Å². The summed E-state index contributed by atoms with van der Waals surface area (Å²) in [4.78, 5) is 0.642. The Hall–Kier alpha value is -1.40. The number of benzene rings is 1. The number of aromatic hydroxyl groups is 2. The Morgan fingerprint density at radius 3 is 2.47 bits per heavy atom. The molecule has 0 amide bonds. The van der Waals surface area contributed by atoms with Crippen LogP contribution in [0.1, 0.15) is 5.56 Å². The third kappa shape index (κ3) is 3.03. The van der Waals surface area contributed by atoms with Gasteiger partial charge >= 0.3 is 0 Å². The third-order valence-corrected chi connectivity index (χ3v) is 2.61. The largest absolute Gasteiger partial charge is 0.504 e. The summed E-state index contributed by atoms with van der Waals surface area (Å²) in [5, 5.41) is 25.7. The maximum Gasteiger partial charge on any atom is 0.158 e. The van der Waals surface area contributed by atoms with Gasteiger partial charge in [0.1, 0.15) is 0 Å². The zero-order valence-electron chi connectivity index (χ0n) is 8.03. The molecule has 0 bridgehead atoms. The molecule has 5 nitrogen and oxygen atoms in total. The number of phenolic OH excluding ortho intramolecular Hbond substituents is 2. The molecule has 6 heteroatoms. The second-order valence-electron chi connectivity index (χ2n) is 2.95. The van der Waals surface area contributed by atoms with E-state index in [1.54, 1.807) is 0 Å². The lowest BCUT2D eigenvalue weighted by Crippen LogP contribution is -2.07. The van der Waals surface area contributed by atoms with E-state index in [1.165, 1.54) is 12.1 Å². The van der Waals surface area contributed by atoms with Crippen molar-refractivity contribution in [1.29, 1.82) is 5.41 Å². The molecule has 0 atom stereocenters. The molecule has 0 aliphatic heterocycles. The summed E-state index contributed by atoms with van der Waals surface area (Å²) in [6, 6.07) is 2.82. The van der Waals surface area contributed by atoms with Crippen LogP contribution in [0.25, 0.3) is 0 Å². The van der Waals surface area contributed by atoms with Gasteiger partial charge in [0.2, 0.25) is 0 Å². The molecule has 0 fully saturated rings. The van der Waals surface area contributed by atoms with Crippen molar-refractivity contribution in [2.75, 3.05) is 6.54 Å². The Morgan fingerprint density at radius 1 is 1.33 bits per heavy atom. The Morgan fingerprint density at radius 2 is 1.93 bits per heavy atom. The highest BCUT2D eigenvalue weighted by molar-refractivity contribution is 8.13. The molecule has 1 rings (SSSR count). The normalized spacial score (nSPS) is 10.2. The van der Waals surface area contributed by atoms with Gasteiger partial charge in [0, 0.05) is 4.90 Å². The minimum atomic E-state index is -0.223. The van der Waals surface area contributed by atoms with E-state index in [2.05, 4.69) is 0 Å². The lowest BCUT2D eigenvalue weighted by molar-refractivity contribution is 0.401. The Kier molecular flexibility index (Phi) is 3.81. The van der Waals surface area contributed by atoms with Gasteiger partial charge in [0.15, 0.2) is 16.7 Å². The van der Waals surface area contributed by atoms with E-state index in [0.29, 0.717) is 17.9 Å². The van der Waals surface area contributed by atoms with Crippen molar-refractivity contribution in [1.82, 2.24) is 0 Å². The summed E-state index contributed by atoms with van der Waals surface area (Å²) in [5.74, 6) is -0.411. The van der Waals surface area contributed by atoms with Crippen LogP contribution in [-0.4, -0.2) is 21.9 Å². The summed E-state index contributed by atoms with van der Waals surface area (Å²) >= 11 is 1.02. The monoisotopic (exact) mass is 227 g/mol. The van der Waals surface area contributed by atoms with E-state index >= 15 is 0 Å². The number of amidine groups is 1. The SMILES string of the molecule is N=C(N)Sc1cc(O)c(O)cc1CCN. The molecule has 1 aromatic rings. The Labute approximate surface area is 91.6 Å². The summed E-state index contributed by atoms with van der Waals surface area (Å²) in [5.41, 5.74) is 11.4. The molecule has 0 aliphatic carbocycles. The van der Waals surface area contributed by atoms with Gasteiger partial charge in [-0.05, 0) is 30.7 Å². The number of nitrogens with one attached hydrogen (secondary N) is 1. The summed E-state index contributed by atoms with van der Waals surface area (Å²) in [7, 11) is 0. The van der Waals surface area contributed by atoms with Crippen molar-refractivity contribution >= 4 is 16.9 Å². The zero-order valence-corrected chi connectivity index (χ0v) is 8.84. The fourth-order valence-corrected chi connectivity index (χ4v) is 1.86. The van der Waals surface area contributed by atoms with Crippen LogP contribution in [0.4, 0.5) is 0 Å². The highest BCUT2D eigenvalue weighted by Gasteiger charge is 2.09. The highest BCUT2D eigenvalue weighted by Crippen LogP contribution is 2.33. The van der Waals surface area contributed by atoms with Crippen molar-refractivity contribution in [3.05, 3.63) is 17.7 Å². The quantitative estimate of drug-likeness (QED) is 0.224. The van der Waals surface area contributed by atoms with E-state index in [-0.39, 0.29) is 16.7 Å². The fourth-order valence-electron chi connectivity index (χ4n) is 1.17. The van der Waals surface area contributed by atoms with Gasteiger partial charge < -0.3 is 21.7 Å². The predicted molar refractivity (Wildman–Crippen MR) is 60.3 cm³/mol. The average Bonchev–Trinajstić information content (AvgIpc) is 2.13. The van der Waals surface area contributed by atoms with E-state index in [1.807, 2.05) is 0 Å². The lowest BCUT2D eigenvalue weighted by Gasteiger charge is -2.09. The van der Waals surface area contributed by atoms with E-state index in [4.69, 9.17) is 16.9 Å². The molecule has 1 aromatic carbocycles. The van der Waals surface area contributed by atoms with Gasteiger partial charge in [-0.25, -0.2) is 0 Å². The number of nitrogens with two attached hydrogens (primary N) is 2. The second kappa shape index (κ2) is 4.90. The molecule has 0 aliphatic rings. The van der Waals surface area contributed by atoms with Gasteiger partial charge in [-0.3, -0.25) is 5.41 Å². The fraction of sp³-hybridized carbons (Fsp3) is 0.222. The molecule has 0 radical (unpaired) electrons. The first-order valence-corrected chi connectivity index (χ1v) is 5.13. The molecule has 7 N–H and O–H groups in total. The van der Waals surface area contributed by atoms with Gasteiger partial charge in [-0.15, -0.1) is 0 Å². The van der Waals surface area contributed by atoms with E-state index in [9.17, 15) is 10.2 Å².